The lowest BCUT2D eigenvalue weighted by Crippen LogP contribution is -2.25. The van der Waals surface area contributed by atoms with Gasteiger partial charge >= 0.3 is 0 Å². The number of hydrogen-bond acceptors (Lipinski definition) is 4. The van der Waals surface area contributed by atoms with Gasteiger partial charge in [-0.25, -0.2) is 0 Å². The predicted octanol–water partition coefficient (Wildman–Crippen LogP) is -0.0307. The second-order valence-corrected chi connectivity index (χ2v) is 3.57. The highest BCUT2D eigenvalue weighted by atomic mass is 16.5. The second-order valence-electron chi connectivity index (χ2n) is 3.57. The molecular formula is C12H17N3O3. The van der Waals surface area contributed by atoms with Crippen LogP contribution in [0, 0.1) is 0 Å². The maximum atomic E-state index is 11.4. The summed E-state index contributed by atoms with van der Waals surface area (Å²) in [6.45, 7) is 0.188. The van der Waals surface area contributed by atoms with Gasteiger partial charge < -0.3 is 20.7 Å². The van der Waals surface area contributed by atoms with Crippen molar-refractivity contribution in [1.29, 1.82) is 0 Å². The molecule has 0 fully saturated rings. The molecule has 1 aromatic carbocycles. The third kappa shape index (κ3) is 4.84. The van der Waals surface area contributed by atoms with Gasteiger partial charge in [0.15, 0.2) is 6.61 Å². The van der Waals surface area contributed by atoms with Crippen LogP contribution in [0.1, 0.15) is 0 Å². The number of carbonyl (C=O) groups excluding carboxylic acids is 2. The van der Waals surface area contributed by atoms with Gasteiger partial charge in [0.1, 0.15) is 5.75 Å². The number of hydrogen-bond donors (Lipinski definition) is 3. The highest BCUT2D eigenvalue weighted by Gasteiger charge is 2.03. The smallest absolute Gasteiger partial charge is 0.257 e. The lowest BCUT2D eigenvalue weighted by molar-refractivity contribution is -0.122. The van der Waals surface area contributed by atoms with Crippen LogP contribution in [0.4, 0.5) is 5.69 Å². The van der Waals surface area contributed by atoms with Crippen LogP contribution >= 0.6 is 0 Å². The van der Waals surface area contributed by atoms with Crippen molar-refractivity contribution >= 4 is 17.5 Å². The highest BCUT2D eigenvalue weighted by Crippen LogP contribution is 2.17. The van der Waals surface area contributed by atoms with E-state index >= 15 is 0 Å². The summed E-state index contributed by atoms with van der Waals surface area (Å²) in [6.07, 6.45) is 0. The van der Waals surface area contributed by atoms with Gasteiger partial charge in [0.2, 0.25) is 5.91 Å². The Morgan fingerprint density at radius 2 is 2.00 bits per heavy atom. The van der Waals surface area contributed by atoms with Crippen LogP contribution in [-0.4, -0.2) is 39.1 Å². The molecule has 0 saturated carbocycles. The molecule has 1 rings (SSSR count). The molecule has 0 heterocycles. The minimum Gasteiger partial charge on any atom is -0.484 e. The quantitative estimate of drug-likeness (QED) is 0.663. The fourth-order valence-electron chi connectivity index (χ4n) is 1.25. The van der Waals surface area contributed by atoms with Crippen molar-refractivity contribution in [1.82, 2.24) is 10.6 Å². The number of rotatable bonds is 6. The van der Waals surface area contributed by atoms with Gasteiger partial charge in [-0.1, -0.05) is 6.07 Å². The molecule has 0 aliphatic heterocycles. The van der Waals surface area contributed by atoms with Crippen molar-refractivity contribution in [3.63, 3.8) is 0 Å². The van der Waals surface area contributed by atoms with Crippen LogP contribution in [0.5, 0.6) is 5.75 Å². The first-order valence-electron chi connectivity index (χ1n) is 5.53. The normalized spacial score (nSPS) is 9.67. The summed E-state index contributed by atoms with van der Waals surface area (Å²) in [5.74, 6) is 0.182. The zero-order chi connectivity index (χ0) is 13.4. The second kappa shape index (κ2) is 7.29. The molecule has 0 atom stereocenters. The van der Waals surface area contributed by atoms with Gasteiger partial charge in [-0.15, -0.1) is 0 Å². The molecule has 0 radical (unpaired) electrons. The Bertz CT molecular complexity index is 421. The fraction of sp³-hybridized carbons (Fsp3) is 0.333. The third-order valence-corrected chi connectivity index (χ3v) is 2.10. The summed E-state index contributed by atoms with van der Waals surface area (Å²) in [6, 6.07) is 6.88. The zero-order valence-electron chi connectivity index (χ0n) is 10.4. The van der Waals surface area contributed by atoms with E-state index in [1.165, 1.54) is 0 Å². The van der Waals surface area contributed by atoms with Crippen molar-refractivity contribution in [3.05, 3.63) is 24.3 Å². The van der Waals surface area contributed by atoms with Gasteiger partial charge in [-0.2, -0.15) is 0 Å². The lowest BCUT2D eigenvalue weighted by atomic mass is 10.3. The molecule has 3 N–H and O–H groups in total. The molecule has 0 aliphatic carbocycles. The Labute approximate surface area is 106 Å². The van der Waals surface area contributed by atoms with Crippen LogP contribution < -0.4 is 20.7 Å². The average Bonchev–Trinajstić information content (AvgIpc) is 2.36. The summed E-state index contributed by atoms with van der Waals surface area (Å²) in [4.78, 5) is 22.4. The van der Waals surface area contributed by atoms with E-state index in [9.17, 15) is 9.59 Å². The number of nitrogens with one attached hydrogen (secondary N) is 3. The van der Waals surface area contributed by atoms with Crippen molar-refractivity contribution in [2.45, 2.75) is 0 Å². The molecule has 1 aromatic rings. The number of ether oxygens (including phenoxy) is 1. The highest BCUT2D eigenvalue weighted by molar-refractivity contribution is 5.92. The van der Waals surface area contributed by atoms with Gasteiger partial charge in [0.25, 0.3) is 5.91 Å². The number of benzene rings is 1. The molecule has 0 spiro atoms. The molecule has 0 bridgehead atoms. The Hall–Kier alpha value is -2.08. The van der Waals surface area contributed by atoms with E-state index in [0.717, 1.165) is 0 Å². The number of likely N-dealkylation sites (N-methyl/N-ethyl adjacent to an activating group) is 2. The van der Waals surface area contributed by atoms with Crippen LogP contribution in [0.3, 0.4) is 0 Å². The Kier molecular flexibility index (Phi) is 5.66. The summed E-state index contributed by atoms with van der Waals surface area (Å²) in [7, 11) is 3.24. The van der Waals surface area contributed by atoms with E-state index in [-0.39, 0.29) is 25.0 Å². The van der Waals surface area contributed by atoms with Crippen molar-refractivity contribution in [2.24, 2.45) is 0 Å². The topological polar surface area (TPSA) is 79.5 Å². The van der Waals surface area contributed by atoms with Gasteiger partial charge in [-0.3, -0.25) is 9.59 Å². The molecule has 18 heavy (non-hydrogen) atoms. The SMILES string of the molecule is CNCC(=O)Nc1cccc(OCC(=O)NC)c1. The predicted molar refractivity (Wildman–Crippen MR) is 68.6 cm³/mol. The summed E-state index contributed by atoms with van der Waals surface area (Å²) in [5.41, 5.74) is 0.629. The van der Waals surface area contributed by atoms with Crippen LogP contribution in [-0.2, 0) is 9.59 Å². The first-order chi connectivity index (χ1) is 8.65. The van der Waals surface area contributed by atoms with E-state index < -0.39 is 0 Å². The van der Waals surface area contributed by atoms with Crippen LogP contribution in [0.15, 0.2) is 24.3 Å². The molecule has 6 nitrogen and oxygen atoms in total. The van der Waals surface area contributed by atoms with E-state index in [1.54, 1.807) is 38.4 Å². The minimum absolute atomic E-state index is 0.0512. The van der Waals surface area contributed by atoms with Crippen molar-refractivity contribution in [2.75, 3.05) is 32.6 Å². The standard InChI is InChI=1S/C12H17N3O3/c1-13-7-11(16)15-9-4-3-5-10(6-9)18-8-12(17)14-2/h3-6,13H,7-8H2,1-2H3,(H,14,17)(H,15,16). The van der Waals surface area contributed by atoms with Gasteiger partial charge in [0.05, 0.1) is 6.54 Å². The molecule has 0 unspecified atom stereocenters. The molecule has 6 heteroatoms. The number of amides is 2. The molecule has 0 saturated heterocycles. The van der Waals surface area contributed by atoms with Crippen LogP contribution in [0.2, 0.25) is 0 Å². The summed E-state index contributed by atoms with van der Waals surface area (Å²) < 4.78 is 5.26. The van der Waals surface area contributed by atoms with E-state index in [2.05, 4.69) is 16.0 Å². The maximum absolute atomic E-state index is 11.4. The van der Waals surface area contributed by atoms with E-state index in [0.29, 0.717) is 11.4 Å². The molecule has 0 aromatic heterocycles. The Morgan fingerprint density at radius 3 is 2.67 bits per heavy atom. The number of carbonyl (C=O) groups is 2. The van der Waals surface area contributed by atoms with Gasteiger partial charge in [-0.05, 0) is 19.2 Å². The lowest BCUT2D eigenvalue weighted by Gasteiger charge is -2.08. The Morgan fingerprint density at radius 1 is 1.22 bits per heavy atom. The molecule has 2 amide bonds. The van der Waals surface area contributed by atoms with Crippen molar-refractivity contribution < 1.29 is 14.3 Å². The maximum Gasteiger partial charge on any atom is 0.257 e. The first kappa shape index (κ1) is 14.0. The Balaban J connectivity index is 2.56. The van der Waals surface area contributed by atoms with Gasteiger partial charge in [0, 0.05) is 18.8 Å². The molecule has 0 aliphatic rings. The fourth-order valence-corrected chi connectivity index (χ4v) is 1.25. The monoisotopic (exact) mass is 251 g/mol. The first-order valence-corrected chi connectivity index (χ1v) is 5.53. The zero-order valence-corrected chi connectivity index (χ0v) is 10.4. The van der Waals surface area contributed by atoms with Crippen LogP contribution in [0.25, 0.3) is 0 Å². The summed E-state index contributed by atoms with van der Waals surface area (Å²) in [5, 5.41) is 7.91. The summed E-state index contributed by atoms with van der Waals surface area (Å²) >= 11 is 0. The molecule has 98 valence electrons. The minimum atomic E-state index is -0.209. The average molecular weight is 251 g/mol. The number of anilines is 1. The van der Waals surface area contributed by atoms with E-state index in [1.807, 2.05) is 0 Å². The van der Waals surface area contributed by atoms with Crippen molar-refractivity contribution in [3.8, 4) is 5.75 Å². The van der Waals surface area contributed by atoms with E-state index in [4.69, 9.17) is 4.74 Å². The molecular weight excluding hydrogens is 234 g/mol. The largest absolute Gasteiger partial charge is 0.484 e. The third-order valence-electron chi connectivity index (χ3n) is 2.10.